The van der Waals surface area contributed by atoms with E-state index in [0.29, 0.717) is 0 Å². The van der Waals surface area contributed by atoms with Crippen LogP contribution in [0.2, 0.25) is 19.6 Å². The smallest absolute Gasteiger partial charge is 0.345 e. The molecule has 0 N–H and O–H groups in total. The molecule has 0 aromatic rings. The molecule has 11 heavy (non-hydrogen) atoms. The van der Waals surface area contributed by atoms with Crippen molar-refractivity contribution in [2.75, 3.05) is 0 Å². The van der Waals surface area contributed by atoms with Crippen molar-refractivity contribution in [2.45, 2.75) is 23.4 Å². The molecule has 0 radical (unpaired) electrons. The fourth-order valence-corrected chi connectivity index (χ4v) is 1.36. The molecule has 0 bridgehead atoms. The maximum Gasteiger partial charge on any atom is 0.345 e. The predicted molar refractivity (Wildman–Crippen MR) is 49.7 cm³/mol. The van der Waals surface area contributed by atoms with E-state index in [2.05, 4.69) is 0 Å². The Morgan fingerprint density at radius 2 is 1.64 bits per heavy atom. The average Bonchev–Trinajstić information content (AvgIpc) is 1.56. The Morgan fingerprint density at radius 3 is 1.73 bits per heavy atom. The third-order valence-electron chi connectivity index (χ3n) is 0.630. The molecule has 6 heteroatoms. The lowest BCUT2D eigenvalue weighted by atomic mass is 10.8. The van der Waals surface area contributed by atoms with Gasteiger partial charge >= 0.3 is 5.97 Å². The molecule has 0 aromatic heterocycles. The highest BCUT2D eigenvalue weighted by atomic mass is 35.6. The summed E-state index contributed by atoms with van der Waals surface area (Å²) in [6, 6.07) is 0. The first kappa shape index (κ1) is 11.6. The molecule has 0 fully saturated rings. The molecule has 66 valence electrons. The Labute approximate surface area is 81.9 Å². The topological polar surface area (TPSA) is 26.3 Å². The normalized spacial score (nSPS) is 12.9. The monoisotopic (exact) mass is 234 g/mol. The van der Waals surface area contributed by atoms with Gasteiger partial charge in [-0.3, -0.25) is 0 Å². The molecular weight excluding hydrogens is 226 g/mol. The van der Waals surface area contributed by atoms with Crippen molar-refractivity contribution in [3.63, 3.8) is 0 Å². The Kier molecular flexibility index (Phi) is 3.70. The average molecular weight is 236 g/mol. The van der Waals surface area contributed by atoms with Gasteiger partial charge in [0.1, 0.15) is 0 Å². The zero-order valence-corrected chi connectivity index (χ0v) is 9.72. The van der Waals surface area contributed by atoms with Crippen molar-refractivity contribution >= 4 is 49.1 Å². The lowest BCUT2D eigenvalue weighted by molar-refractivity contribution is -0.134. The summed E-state index contributed by atoms with van der Waals surface area (Å²) in [5, 5.41) is 0. The van der Waals surface area contributed by atoms with E-state index in [1.54, 1.807) is 0 Å². The van der Waals surface area contributed by atoms with E-state index in [0.717, 1.165) is 0 Å². The van der Waals surface area contributed by atoms with Crippen LogP contribution in [0.25, 0.3) is 0 Å². The van der Waals surface area contributed by atoms with Gasteiger partial charge in [-0.05, 0) is 19.6 Å². The summed E-state index contributed by atoms with van der Waals surface area (Å²) >= 11 is 15.8. The predicted octanol–water partition coefficient (Wildman–Crippen LogP) is 2.73. The number of rotatable bonds is 1. The summed E-state index contributed by atoms with van der Waals surface area (Å²) in [6.07, 6.45) is 0. The van der Waals surface area contributed by atoms with Crippen molar-refractivity contribution < 1.29 is 9.22 Å². The van der Waals surface area contributed by atoms with E-state index in [1.807, 2.05) is 19.6 Å². The number of hydrogen-bond acceptors (Lipinski definition) is 2. The summed E-state index contributed by atoms with van der Waals surface area (Å²) in [6.45, 7) is 5.50. The molecule has 0 atom stereocenters. The van der Waals surface area contributed by atoms with Crippen LogP contribution in [0.4, 0.5) is 0 Å². The fourth-order valence-electron chi connectivity index (χ4n) is 0.336. The van der Waals surface area contributed by atoms with Gasteiger partial charge < -0.3 is 4.43 Å². The molecule has 0 spiro atoms. The molecular formula is C5H9Cl3O2Si. The summed E-state index contributed by atoms with van der Waals surface area (Å²) < 4.78 is 2.96. The minimum absolute atomic E-state index is 0.790. The van der Waals surface area contributed by atoms with E-state index < -0.39 is 18.1 Å². The van der Waals surface area contributed by atoms with Crippen LogP contribution in [0.5, 0.6) is 0 Å². The molecule has 0 aliphatic heterocycles. The third-order valence-corrected chi connectivity index (χ3v) is 1.89. The lowest BCUT2D eigenvalue weighted by Crippen LogP contribution is -2.35. The number of halogens is 3. The lowest BCUT2D eigenvalue weighted by Gasteiger charge is -2.20. The van der Waals surface area contributed by atoms with Gasteiger partial charge in [0.2, 0.25) is 8.32 Å². The first-order valence-corrected chi connectivity index (χ1v) is 7.47. The third kappa shape index (κ3) is 5.79. The van der Waals surface area contributed by atoms with E-state index in [4.69, 9.17) is 39.2 Å². The molecule has 0 unspecified atom stereocenters. The Hall–Kier alpha value is 0.557. The van der Waals surface area contributed by atoms with Gasteiger partial charge in [-0.1, -0.05) is 34.8 Å². The summed E-state index contributed by atoms with van der Waals surface area (Å²) in [5.74, 6) is -0.790. The fraction of sp³-hybridized carbons (Fsp3) is 0.800. The summed E-state index contributed by atoms with van der Waals surface area (Å²) in [7, 11) is -1.93. The molecule has 0 saturated carbocycles. The van der Waals surface area contributed by atoms with Crippen LogP contribution in [-0.2, 0) is 9.22 Å². The SMILES string of the molecule is C[Si](C)(C)OC(=O)C(Cl)(Cl)Cl. The summed E-state index contributed by atoms with van der Waals surface area (Å²) in [4.78, 5) is 10.9. The minimum Gasteiger partial charge on any atom is -0.517 e. The maximum atomic E-state index is 10.9. The van der Waals surface area contributed by atoms with Crippen LogP contribution in [0, 0.1) is 0 Å². The highest BCUT2D eigenvalue weighted by molar-refractivity contribution is 6.78. The van der Waals surface area contributed by atoms with Gasteiger partial charge in [0.25, 0.3) is 3.79 Å². The van der Waals surface area contributed by atoms with Gasteiger partial charge in [0.05, 0.1) is 0 Å². The van der Waals surface area contributed by atoms with E-state index in [1.165, 1.54) is 0 Å². The zero-order chi connectivity index (χ0) is 9.28. The number of carbonyl (C=O) groups excluding carboxylic acids is 1. The summed E-state index contributed by atoms with van der Waals surface area (Å²) in [5.41, 5.74) is 0. The van der Waals surface area contributed by atoms with Crippen LogP contribution in [0.15, 0.2) is 0 Å². The Balaban J connectivity index is 4.11. The van der Waals surface area contributed by atoms with Gasteiger partial charge in [0.15, 0.2) is 0 Å². The van der Waals surface area contributed by atoms with Gasteiger partial charge in [-0.2, -0.15) is 0 Å². The van der Waals surface area contributed by atoms with Gasteiger partial charge in [0, 0.05) is 0 Å². The van der Waals surface area contributed by atoms with Crippen molar-refractivity contribution in [1.29, 1.82) is 0 Å². The van der Waals surface area contributed by atoms with Crippen LogP contribution >= 0.6 is 34.8 Å². The van der Waals surface area contributed by atoms with Crippen LogP contribution in [-0.4, -0.2) is 18.1 Å². The van der Waals surface area contributed by atoms with Crippen molar-refractivity contribution in [3.05, 3.63) is 0 Å². The maximum absolute atomic E-state index is 10.9. The Morgan fingerprint density at radius 1 is 1.27 bits per heavy atom. The molecule has 0 amide bonds. The van der Waals surface area contributed by atoms with E-state index >= 15 is 0 Å². The van der Waals surface area contributed by atoms with Crippen molar-refractivity contribution in [3.8, 4) is 0 Å². The van der Waals surface area contributed by atoms with Gasteiger partial charge in [-0.15, -0.1) is 0 Å². The number of alkyl halides is 3. The largest absolute Gasteiger partial charge is 0.517 e. The first-order valence-electron chi connectivity index (χ1n) is 2.93. The van der Waals surface area contributed by atoms with E-state index in [-0.39, 0.29) is 0 Å². The minimum atomic E-state index is -1.94. The quantitative estimate of drug-likeness (QED) is 0.516. The first-order chi connectivity index (χ1) is 4.63. The number of carbonyl (C=O) groups is 1. The number of hydrogen-bond donors (Lipinski definition) is 0. The van der Waals surface area contributed by atoms with Gasteiger partial charge in [-0.25, -0.2) is 4.79 Å². The second-order valence-electron chi connectivity index (χ2n) is 3.00. The van der Waals surface area contributed by atoms with Crippen LogP contribution < -0.4 is 0 Å². The second kappa shape index (κ2) is 3.52. The van der Waals surface area contributed by atoms with Crippen molar-refractivity contribution in [1.82, 2.24) is 0 Å². The van der Waals surface area contributed by atoms with Crippen LogP contribution in [0.3, 0.4) is 0 Å². The van der Waals surface area contributed by atoms with E-state index in [9.17, 15) is 4.79 Å². The zero-order valence-electron chi connectivity index (χ0n) is 6.45. The molecule has 0 aliphatic carbocycles. The molecule has 0 rings (SSSR count). The molecule has 2 nitrogen and oxygen atoms in total. The molecule has 0 aliphatic rings. The molecule has 0 heterocycles. The highest BCUT2D eigenvalue weighted by Gasteiger charge is 2.35. The molecule has 0 saturated heterocycles. The van der Waals surface area contributed by atoms with Crippen LogP contribution in [0.1, 0.15) is 0 Å². The highest BCUT2D eigenvalue weighted by Crippen LogP contribution is 2.28. The van der Waals surface area contributed by atoms with Crippen molar-refractivity contribution in [2.24, 2.45) is 0 Å². The second-order valence-corrected chi connectivity index (χ2v) is 9.71. The standard InChI is InChI=1S/C5H9Cl3O2Si/c1-11(2,3)10-4(9)5(6,7)8/h1-3H3. The Bertz CT molecular complexity index is 158. The molecule has 0 aromatic carbocycles.